The molecule has 3 rings (SSSR count). The Morgan fingerprint density at radius 3 is 2.42 bits per heavy atom. The molecule has 0 atom stereocenters. The van der Waals surface area contributed by atoms with Gasteiger partial charge in [0.2, 0.25) is 10.0 Å². The highest BCUT2D eigenvalue weighted by molar-refractivity contribution is 7.92. The second-order valence-corrected chi connectivity index (χ2v) is 8.58. The minimum atomic E-state index is -3.30. The number of rotatable bonds is 4. The maximum atomic E-state index is 12.5. The van der Waals surface area contributed by atoms with Gasteiger partial charge in [-0.2, -0.15) is 0 Å². The van der Waals surface area contributed by atoms with Crippen LogP contribution in [0.5, 0.6) is 0 Å². The van der Waals surface area contributed by atoms with E-state index in [4.69, 9.17) is 0 Å². The van der Waals surface area contributed by atoms with Gasteiger partial charge in [-0.1, -0.05) is 0 Å². The fourth-order valence-corrected chi connectivity index (χ4v) is 4.09. The molecular weight excluding hydrogens is 350 g/mol. The maximum absolute atomic E-state index is 12.5. The normalized spacial score (nSPS) is 13.9. The van der Waals surface area contributed by atoms with E-state index in [2.05, 4.69) is 5.32 Å². The fraction of sp³-hybridized carbons (Fsp3) is 0.316. The predicted molar refractivity (Wildman–Crippen MR) is 106 cm³/mol. The summed E-state index contributed by atoms with van der Waals surface area (Å²) in [6.07, 6.45) is 2.72. The third-order valence-electron chi connectivity index (χ3n) is 4.46. The lowest BCUT2D eigenvalue weighted by Gasteiger charge is -2.29. The van der Waals surface area contributed by atoms with Crippen molar-refractivity contribution in [3.05, 3.63) is 53.6 Å². The summed E-state index contributed by atoms with van der Waals surface area (Å²) in [5, 5.41) is 2.88. The van der Waals surface area contributed by atoms with E-state index in [1.807, 2.05) is 43.3 Å². The molecule has 2 aromatic rings. The topological polar surface area (TPSA) is 69.7 Å². The number of carbonyl (C=O) groups excluding carboxylic acids is 1. The van der Waals surface area contributed by atoms with Gasteiger partial charge < -0.3 is 10.2 Å². The first kappa shape index (κ1) is 18.3. The average molecular weight is 373 g/mol. The number of fused-ring (bicyclic) bond motifs is 1. The first-order valence-corrected chi connectivity index (χ1v) is 10.3. The van der Waals surface area contributed by atoms with E-state index in [-0.39, 0.29) is 5.91 Å². The van der Waals surface area contributed by atoms with Crippen LogP contribution in [0.15, 0.2) is 42.5 Å². The smallest absolute Gasteiger partial charge is 0.255 e. The van der Waals surface area contributed by atoms with Crippen molar-refractivity contribution in [1.29, 1.82) is 0 Å². The summed E-state index contributed by atoms with van der Waals surface area (Å²) in [7, 11) is 0.614. The molecule has 0 aromatic heterocycles. The lowest BCUT2D eigenvalue weighted by atomic mass is 10.0. The van der Waals surface area contributed by atoms with E-state index in [1.54, 1.807) is 18.2 Å². The summed E-state index contributed by atoms with van der Waals surface area (Å²) < 4.78 is 25.3. The third kappa shape index (κ3) is 3.83. The number of aryl methyl sites for hydroxylation is 1. The molecule has 0 aliphatic carbocycles. The van der Waals surface area contributed by atoms with E-state index in [9.17, 15) is 13.2 Å². The van der Waals surface area contributed by atoms with Gasteiger partial charge in [0, 0.05) is 37.6 Å². The van der Waals surface area contributed by atoms with Crippen LogP contribution >= 0.6 is 0 Å². The number of nitrogens with zero attached hydrogens (tertiary/aromatic N) is 2. The molecule has 0 radical (unpaired) electrons. The molecule has 0 bridgehead atoms. The van der Waals surface area contributed by atoms with Crippen molar-refractivity contribution >= 4 is 33.0 Å². The molecular formula is C19H23N3O3S. The van der Waals surface area contributed by atoms with Gasteiger partial charge in [-0.15, -0.1) is 0 Å². The van der Waals surface area contributed by atoms with Crippen molar-refractivity contribution in [1.82, 2.24) is 0 Å². The van der Waals surface area contributed by atoms with E-state index in [0.717, 1.165) is 29.8 Å². The Hall–Kier alpha value is -2.54. The van der Waals surface area contributed by atoms with Gasteiger partial charge in [-0.05, 0) is 60.9 Å². The van der Waals surface area contributed by atoms with Crippen LogP contribution in [0.2, 0.25) is 0 Å². The van der Waals surface area contributed by atoms with Gasteiger partial charge in [0.15, 0.2) is 0 Å². The molecule has 2 aromatic carbocycles. The van der Waals surface area contributed by atoms with Crippen LogP contribution in [0.25, 0.3) is 0 Å². The number of benzene rings is 2. The summed E-state index contributed by atoms with van der Waals surface area (Å²) in [4.78, 5) is 14.5. The first-order chi connectivity index (χ1) is 12.3. The van der Waals surface area contributed by atoms with E-state index in [1.165, 1.54) is 10.6 Å². The second-order valence-electron chi connectivity index (χ2n) is 6.68. The minimum Gasteiger partial charge on any atom is -0.378 e. The molecule has 0 fully saturated rings. The summed E-state index contributed by atoms with van der Waals surface area (Å²) in [5.74, 6) is -0.207. The van der Waals surface area contributed by atoms with Crippen molar-refractivity contribution in [3.8, 4) is 0 Å². The zero-order chi connectivity index (χ0) is 18.9. The molecule has 6 nitrogen and oxygen atoms in total. The van der Waals surface area contributed by atoms with Gasteiger partial charge in [0.05, 0.1) is 11.9 Å². The van der Waals surface area contributed by atoms with Crippen molar-refractivity contribution in [2.45, 2.75) is 12.8 Å². The van der Waals surface area contributed by atoms with Crippen LogP contribution in [0, 0.1) is 0 Å². The lowest BCUT2D eigenvalue weighted by Crippen LogP contribution is -2.34. The highest BCUT2D eigenvalue weighted by Gasteiger charge is 2.24. The van der Waals surface area contributed by atoms with Crippen LogP contribution in [-0.2, 0) is 16.4 Å². The van der Waals surface area contributed by atoms with E-state index in [0.29, 0.717) is 17.8 Å². The van der Waals surface area contributed by atoms with Crippen molar-refractivity contribution < 1.29 is 13.2 Å². The van der Waals surface area contributed by atoms with Crippen LogP contribution in [-0.4, -0.2) is 41.2 Å². The maximum Gasteiger partial charge on any atom is 0.255 e. The molecule has 0 saturated heterocycles. The SMILES string of the molecule is CN(C)c1ccc(NC(=O)c2ccc3c(c2)CCCN3S(C)(=O)=O)cc1. The number of hydrogen-bond donors (Lipinski definition) is 1. The quantitative estimate of drug-likeness (QED) is 0.895. The third-order valence-corrected chi connectivity index (χ3v) is 5.64. The number of nitrogens with one attached hydrogen (secondary N) is 1. The number of hydrogen-bond acceptors (Lipinski definition) is 4. The van der Waals surface area contributed by atoms with Crippen LogP contribution < -0.4 is 14.5 Å². The highest BCUT2D eigenvalue weighted by atomic mass is 32.2. The number of anilines is 3. The van der Waals surface area contributed by atoms with Gasteiger partial charge in [0.25, 0.3) is 5.91 Å². The fourth-order valence-electron chi connectivity index (χ4n) is 3.09. The molecule has 0 saturated carbocycles. The van der Waals surface area contributed by atoms with Gasteiger partial charge in [-0.3, -0.25) is 9.10 Å². The number of amides is 1. The Bertz CT molecular complexity index is 922. The molecule has 0 unspecified atom stereocenters. The zero-order valence-electron chi connectivity index (χ0n) is 15.2. The molecule has 1 aliphatic heterocycles. The van der Waals surface area contributed by atoms with Crippen molar-refractivity contribution in [3.63, 3.8) is 0 Å². The van der Waals surface area contributed by atoms with Crippen molar-refractivity contribution in [2.75, 3.05) is 41.4 Å². The molecule has 1 N–H and O–H groups in total. The zero-order valence-corrected chi connectivity index (χ0v) is 16.0. The Balaban J connectivity index is 1.80. The lowest BCUT2D eigenvalue weighted by molar-refractivity contribution is 0.102. The van der Waals surface area contributed by atoms with Crippen molar-refractivity contribution in [2.24, 2.45) is 0 Å². The van der Waals surface area contributed by atoms with Crippen LogP contribution in [0.3, 0.4) is 0 Å². The Morgan fingerprint density at radius 1 is 1.12 bits per heavy atom. The second kappa shape index (κ2) is 6.99. The largest absolute Gasteiger partial charge is 0.378 e. The monoisotopic (exact) mass is 373 g/mol. The Morgan fingerprint density at radius 2 is 1.81 bits per heavy atom. The highest BCUT2D eigenvalue weighted by Crippen LogP contribution is 2.30. The molecule has 26 heavy (non-hydrogen) atoms. The minimum absolute atomic E-state index is 0.207. The number of sulfonamides is 1. The molecule has 1 aliphatic rings. The molecule has 138 valence electrons. The summed E-state index contributed by atoms with van der Waals surface area (Å²) in [6, 6.07) is 12.8. The van der Waals surface area contributed by atoms with Gasteiger partial charge in [0.1, 0.15) is 0 Å². The predicted octanol–water partition coefficient (Wildman–Crippen LogP) is 2.72. The average Bonchev–Trinajstić information content (AvgIpc) is 2.60. The Labute approximate surface area is 154 Å². The van der Waals surface area contributed by atoms with E-state index < -0.39 is 10.0 Å². The standard InChI is InChI=1S/C19H23N3O3S/c1-21(2)17-9-7-16(8-10-17)20-19(23)15-6-11-18-14(13-15)5-4-12-22(18)26(3,24)25/h6-11,13H,4-5,12H2,1-3H3,(H,20,23). The molecule has 1 amide bonds. The van der Waals surface area contributed by atoms with Crippen LogP contribution in [0.4, 0.5) is 17.1 Å². The summed E-state index contributed by atoms with van der Waals surface area (Å²) >= 11 is 0. The van der Waals surface area contributed by atoms with Gasteiger partial charge in [-0.25, -0.2) is 8.42 Å². The molecule has 1 heterocycles. The summed E-state index contributed by atoms with van der Waals surface area (Å²) in [5.41, 5.74) is 3.85. The number of carbonyl (C=O) groups is 1. The summed E-state index contributed by atoms with van der Waals surface area (Å²) in [6.45, 7) is 0.482. The van der Waals surface area contributed by atoms with Gasteiger partial charge >= 0.3 is 0 Å². The molecule has 0 spiro atoms. The molecule has 7 heteroatoms. The van der Waals surface area contributed by atoms with E-state index >= 15 is 0 Å². The first-order valence-electron chi connectivity index (χ1n) is 8.45. The van der Waals surface area contributed by atoms with Crippen LogP contribution in [0.1, 0.15) is 22.3 Å². The Kier molecular flexibility index (Phi) is 4.91.